The van der Waals surface area contributed by atoms with Gasteiger partial charge < -0.3 is 11.1 Å². The number of nitro benzene ring substituents is 1. The maximum Gasteiger partial charge on any atom is 0.293 e. The van der Waals surface area contributed by atoms with Gasteiger partial charge in [-0.2, -0.15) is 0 Å². The van der Waals surface area contributed by atoms with Crippen LogP contribution in [0.25, 0.3) is 0 Å². The number of hydrogen-bond acceptors (Lipinski definition) is 4. The Hall–Kier alpha value is -2.89. The molecule has 108 valence electrons. The molecular weight excluding hydrogens is 270 g/mol. The first-order valence-electron chi connectivity index (χ1n) is 6.30. The minimum Gasteiger partial charge on any atom is -0.366 e. The summed E-state index contributed by atoms with van der Waals surface area (Å²) in [6.45, 7) is 3.89. The minimum atomic E-state index is -0.698. The van der Waals surface area contributed by atoms with Gasteiger partial charge in [-0.15, -0.1) is 0 Å². The first-order chi connectivity index (χ1) is 9.86. The molecule has 0 saturated heterocycles. The lowest BCUT2D eigenvalue weighted by Crippen LogP contribution is -2.11. The number of carbonyl (C=O) groups is 1. The molecule has 6 heteroatoms. The van der Waals surface area contributed by atoms with Crippen molar-refractivity contribution in [1.29, 1.82) is 0 Å². The maximum absolute atomic E-state index is 11.1. The van der Waals surface area contributed by atoms with E-state index in [1.807, 2.05) is 32.0 Å². The van der Waals surface area contributed by atoms with E-state index in [1.165, 1.54) is 18.2 Å². The summed E-state index contributed by atoms with van der Waals surface area (Å²) in [5.41, 5.74) is 8.23. The Kier molecular flexibility index (Phi) is 3.89. The molecule has 0 atom stereocenters. The fraction of sp³-hybridized carbons (Fsp3) is 0.133. The third-order valence-corrected chi connectivity index (χ3v) is 2.98. The Bertz CT molecular complexity index is 706. The lowest BCUT2D eigenvalue weighted by Gasteiger charge is -2.09. The number of primary amides is 1. The number of benzene rings is 2. The van der Waals surface area contributed by atoms with Crippen LogP contribution in [0.1, 0.15) is 21.5 Å². The quantitative estimate of drug-likeness (QED) is 0.666. The summed E-state index contributed by atoms with van der Waals surface area (Å²) in [7, 11) is 0. The van der Waals surface area contributed by atoms with E-state index in [9.17, 15) is 14.9 Å². The van der Waals surface area contributed by atoms with Crippen molar-refractivity contribution in [3.05, 3.63) is 63.2 Å². The normalized spacial score (nSPS) is 10.2. The molecule has 0 aliphatic rings. The van der Waals surface area contributed by atoms with Crippen LogP contribution >= 0.6 is 0 Å². The van der Waals surface area contributed by atoms with E-state index in [0.717, 1.165) is 16.8 Å². The maximum atomic E-state index is 11.1. The molecule has 0 aliphatic heterocycles. The van der Waals surface area contributed by atoms with Gasteiger partial charge in [-0.25, -0.2) is 0 Å². The Balaban J connectivity index is 2.43. The van der Waals surface area contributed by atoms with E-state index in [4.69, 9.17) is 5.73 Å². The second-order valence-corrected chi connectivity index (χ2v) is 4.85. The lowest BCUT2D eigenvalue weighted by molar-refractivity contribution is -0.383. The Labute approximate surface area is 121 Å². The van der Waals surface area contributed by atoms with Crippen molar-refractivity contribution in [3.8, 4) is 0 Å². The zero-order valence-electron chi connectivity index (χ0n) is 11.7. The second kappa shape index (κ2) is 5.62. The average molecular weight is 285 g/mol. The molecule has 0 aromatic heterocycles. The average Bonchev–Trinajstić information content (AvgIpc) is 2.37. The minimum absolute atomic E-state index is 0.104. The van der Waals surface area contributed by atoms with Crippen LogP contribution in [-0.4, -0.2) is 10.8 Å². The van der Waals surface area contributed by atoms with Gasteiger partial charge in [-0.05, 0) is 49.2 Å². The molecule has 0 radical (unpaired) electrons. The molecule has 2 aromatic rings. The standard InChI is InChI=1S/C15H15N3O3/c1-9-5-10(2)7-12(6-9)17-13-4-3-11(15(16)19)8-14(13)18(20)21/h3-8,17H,1-2H3,(H2,16,19). The topological polar surface area (TPSA) is 98.3 Å². The molecule has 6 nitrogen and oxygen atoms in total. The third kappa shape index (κ3) is 3.36. The SMILES string of the molecule is Cc1cc(C)cc(Nc2ccc(C(N)=O)cc2[N+](=O)[O-])c1. The number of aryl methyl sites for hydroxylation is 2. The number of carbonyl (C=O) groups excluding carboxylic acids is 1. The zero-order valence-corrected chi connectivity index (χ0v) is 11.7. The van der Waals surface area contributed by atoms with Crippen molar-refractivity contribution in [2.24, 2.45) is 5.73 Å². The molecule has 2 aromatic carbocycles. The molecule has 1 amide bonds. The monoisotopic (exact) mass is 285 g/mol. The highest BCUT2D eigenvalue weighted by molar-refractivity contribution is 5.94. The molecule has 2 rings (SSSR count). The highest BCUT2D eigenvalue weighted by Crippen LogP contribution is 2.29. The van der Waals surface area contributed by atoms with E-state index in [1.54, 1.807) is 0 Å². The summed E-state index contributed by atoms with van der Waals surface area (Å²) in [6.07, 6.45) is 0. The van der Waals surface area contributed by atoms with Crippen molar-refractivity contribution >= 4 is 23.0 Å². The fourth-order valence-electron chi connectivity index (χ4n) is 2.14. The van der Waals surface area contributed by atoms with E-state index >= 15 is 0 Å². The van der Waals surface area contributed by atoms with Crippen molar-refractivity contribution in [2.75, 3.05) is 5.32 Å². The molecule has 0 fully saturated rings. The van der Waals surface area contributed by atoms with E-state index in [2.05, 4.69) is 5.32 Å². The van der Waals surface area contributed by atoms with Crippen molar-refractivity contribution in [1.82, 2.24) is 0 Å². The Morgan fingerprint density at radius 1 is 1.14 bits per heavy atom. The number of hydrogen-bond donors (Lipinski definition) is 2. The van der Waals surface area contributed by atoms with E-state index in [0.29, 0.717) is 5.69 Å². The predicted octanol–water partition coefficient (Wildman–Crippen LogP) is 3.05. The van der Waals surface area contributed by atoms with Crippen LogP contribution in [0.2, 0.25) is 0 Å². The number of anilines is 2. The zero-order chi connectivity index (χ0) is 15.6. The first kappa shape index (κ1) is 14.5. The largest absolute Gasteiger partial charge is 0.366 e. The molecule has 0 bridgehead atoms. The van der Waals surface area contributed by atoms with Crippen LogP contribution in [-0.2, 0) is 0 Å². The summed E-state index contributed by atoms with van der Waals surface area (Å²) in [5, 5.41) is 14.1. The van der Waals surface area contributed by atoms with Gasteiger partial charge in [0.1, 0.15) is 5.69 Å². The number of nitrogens with two attached hydrogens (primary N) is 1. The molecular formula is C15H15N3O3. The van der Waals surface area contributed by atoms with Crippen LogP contribution in [0.4, 0.5) is 17.1 Å². The van der Waals surface area contributed by atoms with Gasteiger partial charge in [0.25, 0.3) is 5.69 Å². The number of rotatable bonds is 4. The number of nitrogens with zero attached hydrogens (tertiary/aromatic N) is 1. The molecule has 0 aliphatic carbocycles. The summed E-state index contributed by atoms with van der Waals surface area (Å²) < 4.78 is 0. The van der Waals surface area contributed by atoms with Gasteiger partial charge in [-0.1, -0.05) is 6.07 Å². The van der Waals surface area contributed by atoms with Gasteiger partial charge in [0.05, 0.1) is 4.92 Å². The molecule has 0 heterocycles. The van der Waals surface area contributed by atoms with Crippen LogP contribution in [0, 0.1) is 24.0 Å². The van der Waals surface area contributed by atoms with Crippen LogP contribution in [0.3, 0.4) is 0 Å². The van der Waals surface area contributed by atoms with E-state index in [-0.39, 0.29) is 11.3 Å². The Morgan fingerprint density at radius 2 is 1.76 bits per heavy atom. The van der Waals surface area contributed by atoms with E-state index < -0.39 is 10.8 Å². The Morgan fingerprint density at radius 3 is 2.29 bits per heavy atom. The molecule has 21 heavy (non-hydrogen) atoms. The summed E-state index contributed by atoms with van der Waals surface area (Å²) in [5.74, 6) is -0.698. The highest BCUT2D eigenvalue weighted by atomic mass is 16.6. The van der Waals surface area contributed by atoms with Gasteiger partial charge in [0, 0.05) is 17.3 Å². The van der Waals surface area contributed by atoms with Crippen molar-refractivity contribution in [2.45, 2.75) is 13.8 Å². The van der Waals surface area contributed by atoms with Crippen molar-refractivity contribution in [3.63, 3.8) is 0 Å². The van der Waals surface area contributed by atoms with Crippen LogP contribution in [0.5, 0.6) is 0 Å². The van der Waals surface area contributed by atoms with Crippen LogP contribution in [0.15, 0.2) is 36.4 Å². The predicted molar refractivity (Wildman–Crippen MR) is 80.8 cm³/mol. The second-order valence-electron chi connectivity index (χ2n) is 4.85. The number of nitrogens with one attached hydrogen (secondary N) is 1. The summed E-state index contributed by atoms with van der Waals surface area (Å²) >= 11 is 0. The number of nitro groups is 1. The molecule has 0 spiro atoms. The van der Waals surface area contributed by atoms with Crippen LogP contribution < -0.4 is 11.1 Å². The first-order valence-corrected chi connectivity index (χ1v) is 6.30. The number of amides is 1. The summed E-state index contributed by atoms with van der Waals surface area (Å²) in [6, 6.07) is 9.90. The van der Waals surface area contributed by atoms with Gasteiger partial charge in [-0.3, -0.25) is 14.9 Å². The molecule has 3 N–H and O–H groups in total. The van der Waals surface area contributed by atoms with Gasteiger partial charge >= 0.3 is 0 Å². The lowest BCUT2D eigenvalue weighted by atomic mass is 10.1. The summed E-state index contributed by atoms with van der Waals surface area (Å²) in [4.78, 5) is 21.7. The van der Waals surface area contributed by atoms with Gasteiger partial charge in [0.15, 0.2) is 0 Å². The highest BCUT2D eigenvalue weighted by Gasteiger charge is 2.16. The third-order valence-electron chi connectivity index (χ3n) is 2.98. The molecule has 0 unspecified atom stereocenters. The molecule has 0 saturated carbocycles. The fourth-order valence-corrected chi connectivity index (χ4v) is 2.14. The van der Waals surface area contributed by atoms with Gasteiger partial charge in [0.2, 0.25) is 5.91 Å². The van der Waals surface area contributed by atoms with Crippen molar-refractivity contribution < 1.29 is 9.72 Å². The smallest absolute Gasteiger partial charge is 0.293 e.